The average Bonchev–Trinajstić information content (AvgIpc) is 3.20. The third kappa shape index (κ3) is 4.53. The van der Waals surface area contributed by atoms with Crippen LogP contribution < -0.4 is 0 Å². The summed E-state index contributed by atoms with van der Waals surface area (Å²) in [5.41, 5.74) is 1.11. The van der Waals surface area contributed by atoms with Crippen molar-refractivity contribution in [2.45, 2.75) is 50.6 Å². The molecule has 1 aromatic rings. The van der Waals surface area contributed by atoms with Crippen LogP contribution in [0.4, 0.5) is 0 Å². The normalized spacial score (nSPS) is 17.1. The molecular weight excluding hydrogens is 288 g/mol. The van der Waals surface area contributed by atoms with Gasteiger partial charge in [0.15, 0.2) is 0 Å². The van der Waals surface area contributed by atoms with Crippen LogP contribution in [-0.4, -0.2) is 25.9 Å². The van der Waals surface area contributed by atoms with Crippen molar-refractivity contribution in [3.8, 4) is 0 Å². The average molecular weight is 311 g/mol. The molecule has 1 fully saturated rings. The molecule has 117 valence electrons. The van der Waals surface area contributed by atoms with Crippen LogP contribution in [0.3, 0.4) is 0 Å². The predicted molar refractivity (Wildman–Crippen MR) is 82.1 cm³/mol. The van der Waals surface area contributed by atoms with Crippen molar-refractivity contribution < 1.29 is 17.3 Å². The van der Waals surface area contributed by atoms with Crippen molar-refractivity contribution >= 4 is 10.1 Å². The Balaban J connectivity index is 1.71. The van der Waals surface area contributed by atoms with Gasteiger partial charge in [0.05, 0.1) is 24.1 Å². The fourth-order valence-corrected chi connectivity index (χ4v) is 3.84. The first-order valence-corrected chi connectivity index (χ1v) is 8.72. The molecule has 1 saturated carbocycles. The zero-order valence-electron chi connectivity index (χ0n) is 12.6. The van der Waals surface area contributed by atoms with E-state index < -0.39 is 14.9 Å². The molecule has 0 spiro atoms. The fourth-order valence-electron chi connectivity index (χ4n) is 2.21. The first-order chi connectivity index (χ1) is 9.95. The Morgan fingerprint density at radius 2 is 1.90 bits per heavy atom. The maximum atomic E-state index is 12.1. The van der Waals surface area contributed by atoms with E-state index in [9.17, 15) is 8.42 Å². The highest BCUT2D eigenvalue weighted by atomic mass is 32.2. The van der Waals surface area contributed by atoms with Crippen molar-refractivity contribution in [1.82, 2.24) is 0 Å². The first kappa shape index (κ1) is 16.5. The number of hydrogen-bond acceptors (Lipinski definition) is 4. The van der Waals surface area contributed by atoms with E-state index in [1.54, 1.807) is 13.8 Å². The smallest absolute Gasteiger partial charge is 0.273 e. The van der Waals surface area contributed by atoms with Gasteiger partial charge in [-0.05, 0) is 45.1 Å². The highest BCUT2D eigenvalue weighted by Crippen LogP contribution is 2.48. The van der Waals surface area contributed by atoms with E-state index >= 15 is 0 Å². The van der Waals surface area contributed by atoms with E-state index in [1.807, 2.05) is 36.8 Å². The van der Waals surface area contributed by atoms with Crippen LogP contribution in [0.5, 0.6) is 0 Å². The van der Waals surface area contributed by atoms with Gasteiger partial charge in [-0.15, -0.1) is 0 Å². The lowest BCUT2D eigenvalue weighted by molar-refractivity contribution is 0.138. The molecular formula is C16H23O4S. The van der Waals surface area contributed by atoms with E-state index in [1.165, 1.54) is 0 Å². The maximum Gasteiger partial charge on any atom is 0.273 e. The number of benzene rings is 1. The summed E-state index contributed by atoms with van der Waals surface area (Å²) in [6.07, 6.45) is 3.45. The van der Waals surface area contributed by atoms with Crippen molar-refractivity contribution in [3.63, 3.8) is 0 Å². The molecule has 21 heavy (non-hydrogen) atoms. The minimum Gasteiger partial charge on any atom is -0.376 e. The van der Waals surface area contributed by atoms with Gasteiger partial charge in [0.25, 0.3) is 10.1 Å². The van der Waals surface area contributed by atoms with Crippen LogP contribution in [-0.2, 0) is 25.6 Å². The summed E-state index contributed by atoms with van der Waals surface area (Å²) in [5.74, 6) is 0. The molecule has 1 radical (unpaired) electrons. The molecule has 0 saturated heterocycles. The molecule has 0 atom stereocenters. The summed E-state index contributed by atoms with van der Waals surface area (Å²) in [6.45, 7) is 4.47. The number of ether oxygens (including phenoxy) is 1. The second-order valence-electron chi connectivity index (χ2n) is 5.78. The van der Waals surface area contributed by atoms with Crippen molar-refractivity contribution in [2.75, 3.05) is 6.61 Å². The van der Waals surface area contributed by atoms with Crippen LogP contribution in [0.15, 0.2) is 30.3 Å². The number of hydrogen-bond donors (Lipinski definition) is 0. The van der Waals surface area contributed by atoms with E-state index in [4.69, 9.17) is 8.92 Å². The molecule has 0 N–H and O–H groups in total. The van der Waals surface area contributed by atoms with Crippen LogP contribution in [0, 0.1) is 6.42 Å². The molecule has 0 unspecified atom stereocenters. The predicted octanol–water partition coefficient (Wildman–Crippen LogP) is 3.08. The van der Waals surface area contributed by atoms with E-state index in [-0.39, 0.29) is 6.10 Å². The second-order valence-corrected chi connectivity index (χ2v) is 7.74. The molecule has 0 aliphatic heterocycles. The molecule has 5 heteroatoms. The third-order valence-corrected chi connectivity index (χ3v) is 5.79. The zero-order valence-corrected chi connectivity index (χ0v) is 13.4. The molecule has 1 aromatic carbocycles. The van der Waals surface area contributed by atoms with Gasteiger partial charge >= 0.3 is 0 Å². The Hall–Kier alpha value is -0.910. The van der Waals surface area contributed by atoms with Gasteiger partial charge in [0.1, 0.15) is 0 Å². The number of rotatable bonds is 9. The summed E-state index contributed by atoms with van der Waals surface area (Å²) in [5, 5.41) is 0. The van der Waals surface area contributed by atoms with Gasteiger partial charge in [-0.25, -0.2) is 0 Å². The Morgan fingerprint density at radius 3 is 2.48 bits per heavy atom. The quantitative estimate of drug-likeness (QED) is 0.519. The highest BCUT2D eigenvalue weighted by molar-refractivity contribution is 7.88. The van der Waals surface area contributed by atoms with Gasteiger partial charge in [-0.1, -0.05) is 30.3 Å². The monoisotopic (exact) mass is 311 g/mol. The Morgan fingerprint density at radius 1 is 1.24 bits per heavy atom. The lowest BCUT2D eigenvalue weighted by Crippen LogP contribution is -2.28. The SMILES string of the molecule is CC(C)OS(=O)(=O)C1(C[CH]COCc2ccccc2)CC1. The summed E-state index contributed by atoms with van der Waals surface area (Å²) < 4.78 is 34.2. The van der Waals surface area contributed by atoms with Crippen molar-refractivity contribution in [1.29, 1.82) is 0 Å². The summed E-state index contributed by atoms with van der Waals surface area (Å²) in [4.78, 5) is 0. The molecule has 4 nitrogen and oxygen atoms in total. The van der Waals surface area contributed by atoms with Gasteiger partial charge in [-0.2, -0.15) is 8.42 Å². The lowest BCUT2D eigenvalue weighted by atomic mass is 10.2. The molecule has 1 aliphatic carbocycles. The van der Waals surface area contributed by atoms with E-state index in [0.717, 1.165) is 5.56 Å². The summed E-state index contributed by atoms with van der Waals surface area (Å²) in [7, 11) is -3.47. The van der Waals surface area contributed by atoms with Gasteiger partial charge in [0.2, 0.25) is 0 Å². The fraction of sp³-hybridized carbons (Fsp3) is 0.562. The molecule has 0 amide bonds. The topological polar surface area (TPSA) is 52.6 Å². The summed E-state index contributed by atoms with van der Waals surface area (Å²) >= 11 is 0. The molecule has 0 aromatic heterocycles. The van der Waals surface area contributed by atoms with Crippen LogP contribution in [0.1, 0.15) is 38.7 Å². The molecule has 0 heterocycles. The Bertz CT molecular complexity index is 533. The molecule has 0 bridgehead atoms. The van der Waals surface area contributed by atoms with E-state index in [0.29, 0.717) is 32.5 Å². The Kier molecular flexibility index (Phi) is 5.41. The van der Waals surface area contributed by atoms with Crippen molar-refractivity contribution in [3.05, 3.63) is 42.3 Å². The molecule has 1 aliphatic rings. The Labute approximate surface area is 127 Å². The van der Waals surface area contributed by atoms with Crippen LogP contribution >= 0.6 is 0 Å². The standard InChI is InChI=1S/C16H23O4S/c1-14(2)20-21(17,18)16(10-11-16)9-6-12-19-13-15-7-4-3-5-8-15/h3-8,14H,9-13H2,1-2H3. The van der Waals surface area contributed by atoms with Gasteiger partial charge in [0, 0.05) is 0 Å². The van der Waals surface area contributed by atoms with Gasteiger partial charge in [-0.3, -0.25) is 4.18 Å². The minimum absolute atomic E-state index is 0.304. The lowest BCUT2D eigenvalue weighted by Gasteiger charge is -2.17. The van der Waals surface area contributed by atoms with Crippen LogP contribution in [0.2, 0.25) is 0 Å². The third-order valence-electron chi connectivity index (χ3n) is 3.52. The maximum absolute atomic E-state index is 12.1. The largest absolute Gasteiger partial charge is 0.376 e. The molecule has 2 rings (SSSR count). The minimum atomic E-state index is -3.47. The van der Waals surface area contributed by atoms with E-state index in [2.05, 4.69) is 0 Å². The van der Waals surface area contributed by atoms with Crippen molar-refractivity contribution in [2.24, 2.45) is 0 Å². The zero-order chi connectivity index (χ0) is 15.3. The second kappa shape index (κ2) is 6.90. The van der Waals surface area contributed by atoms with Crippen LogP contribution in [0.25, 0.3) is 0 Å². The first-order valence-electron chi connectivity index (χ1n) is 7.31. The van der Waals surface area contributed by atoms with Gasteiger partial charge < -0.3 is 4.74 Å². The summed E-state index contributed by atoms with van der Waals surface area (Å²) in [6, 6.07) is 9.91. The highest BCUT2D eigenvalue weighted by Gasteiger charge is 2.55.